The van der Waals surface area contributed by atoms with Gasteiger partial charge in [0, 0.05) is 17.9 Å². The molecule has 0 radical (unpaired) electrons. The van der Waals surface area contributed by atoms with Gasteiger partial charge in [-0.1, -0.05) is 31.2 Å². The molecule has 1 aliphatic carbocycles. The third-order valence-electron chi connectivity index (χ3n) is 4.91. The lowest BCUT2D eigenvalue weighted by Gasteiger charge is -2.16. The van der Waals surface area contributed by atoms with Gasteiger partial charge in [-0.05, 0) is 43.4 Å². The smallest absolute Gasteiger partial charge is 0.254 e. The summed E-state index contributed by atoms with van der Waals surface area (Å²) < 4.78 is 26.9. The molecule has 2 aliphatic rings. The Balaban J connectivity index is 1.69. The molecule has 1 aliphatic heterocycles. The Kier molecular flexibility index (Phi) is 3.12. The number of nitrogens with one attached hydrogen (secondary N) is 1. The van der Waals surface area contributed by atoms with Crippen LogP contribution in [0.1, 0.15) is 49.8 Å². The molecule has 1 spiro atoms. The van der Waals surface area contributed by atoms with Crippen molar-refractivity contribution in [2.24, 2.45) is 5.41 Å². The largest absolute Gasteiger partial charge is 0.310 e. The van der Waals surface area contributed by atoms with Crippen LogP contribution in [0.3, 0.4) is 0 Å². The van der Waals surface area contributed by atoms with Gasteiger partial charge in [-0.2, -0.15) is 0 Å². The number of halogens is 2. The Labute approximate surface area is 113 Å². The highest BCUT2D eigenvalue weighted by molar-refractivity contribution is 5.26. The molecular formula is C16H21F2N. The van der Waals surface area contributed by atoms with Crippen LogP contribution in [-0.4, -0.2) is 12.5 Å². The highest BCUT2D eigenvalue weighted by atomic mass is 19.3. The van der Waals surface area contributed by atoms with Crippen molar-refractivity contribution in [1.82, 2.24) is 5.32 Å². The molecule has 3 heteroatoms. The number of aryl methyl sites for hydroxylation is 1. The number of benzene rings is 1. The monoisotopic (exact) mass is 265 g/mol. The van der Waals surface area contributed by atoms with Crippen molar-refractivity contribution in [2.75, 3.05) is 6.54 Å². The van der Waals surface area contributed by atoms with Crippen molar-refractivity contribution in [2.45, 2.75) is 51.0 Å². The van der Waals surface area contributed by atoms with E-state index in [1.54, 1.807) is 0 Å². The highest BCUT2D eigenvalue weighted by Gasteiger charge is 2.69. The van der Waals surface area contributed by atoms with Crippen LogP contribution in [0.15, 0.2) is 24.3 Å². The summed E-state index contributed by atoms with van der Waals surface area (Å²) in [4.78, 5) is 0. The summed E-state index contributed by atoms with van der Waals surface area (Å²) in [6.45, 7) is 2.84. The molecule has 0 bridgehead atoms. The molecule has 1 heterocycles. The van der Waals surface area contributed by atoms with Crippen molar-refractivity contribution in [3.63, 3.8) is 0 Å². The van der Waals surface area contributed by atoms with Crippen molar-refractivity contribution in [3.8, 4) is 0 Å². The first kappa shape index (κ1) is 13.0. The van der Waals surface area contributed by atoms with Gasteiger partial charge in [-0.15, -0.1) is 0 Å². The second-order valence-electron chi connectivity index (χ2n) is 6.05. The second kappa shape index (κ2) is 4.55. The molecule has 104 valence electrons. The molecule has 19 heavy (non-hydrogen) atoms. The summed E-state index contributed by atoms with van der Waals surface area (Å²) in [6.07, 6.45) is 3.22. The Bertz CT molecular complexity index is 454. The molecule has 0 aromatic heterocycles. The Morgan fingerprint density at radius 2 is 1.89 bits per heavy atom. The van der Waals surface area contributed by atoms with E-state index < -0.39 is 11.3 Å². The third kappa shape index (κ3) is 2.29. The molecule has 1 aromatic carbocycles. The van der Waals surface area contributed by atoms with Crippen LogP contribution in [0.5, 0.6) is 0 Å². The Hall–Kier alpha value is -0.960. The van der Waals surface area contributed by atoms with Crippen molar-refractivity contribution in [3.05, 3.63) is 35.4 Å². The van der Waals surface area contributed by atoms with Crippen LogP contribution < -0.4 is 5.32 Å². The standard InChI is InChI=1S/C16H21F2N/c1-2-12-3-5-13(6-4-12)14-7-8-15(9-10-19-14)11-16(15,17)18/h3-6,14,19H,2,7-11H2,1H3. The molecule has 1 saturated heterocycles. The van der Waals surface area contributed by atoms with Gasteiger partial charge in [0.25, 0.3) is 5.92 Å². The maximum absolute atomic E-state index is 13.5. The van der Waals surface area contributed by atoms with E-state index in [1.165, 1.54) is 11.1 Å². The minimum Gasteiger partial charge on any atom is -0.310 e. The lowest BCUT2D eigenvalue weighted by Crippen LogP contribution is -2.20. The number of alkyl halides is 2. The number of hydrogen-bond donors (Lipinski definition) is 1. The van der Waals surface area contributed by atoms with Crippen molar-refractivity contribution < 1.29 is 8.78 Å². The summed E-state index contributed by atoms with van der Waals surface area (Å²) in [6, 6.07) is 8.80. The van der Waals surface area contributed by atoms with Gasteiger partial charge in [0.05, 0.1) is 0 Å². The van der Waals surface area contributed by atoms with E-state index in [0.29, 0.717) is 19.4 Å². The van der Waals surface area contributed by atoms with Crippen LogP contribution >= 0.6 is 0 Å². The molecule has 2 unspecified atom stereocenters. The average Bonchev–Trinajstić information content (AvgIpc) is 3.03. The maximum atomic E-state index is 13.5. The van der Waals surface area contributed by atoms with Crippen LogP contribution in [0.2, 0.25) is 0 Å². The summed E-state index contributed by atoms with van der Waals surface area (Å²) in [5, 5.41) is 3.44. The minimum atomic E-state index is -2.41. The fraction of sp³-hybridized carbons (Fsp3) is 0.625. The minimum absolute atomic E-state index is 0.100. The molecular weight excluding hydrogens is 244 g/mol. The second-order valence-corrected chi connectivity index (χ2v) is 6.05. The lowest BCUT2D eigenvalue weighted by molar-refractivity contribution is 0.0585. The average molecular weight is 265 g/mol. The Morgan fingerprint density at radius 3 is 2.47 bits per heavy atom. The predicted molar refractivity (Wildman–Crippen MR) is 72.4 cm³/mol. The zero-order valence-electron chi connectivity index (χ0n) is 11.4. The summed E-state index contributed by atoms with van der Waals surface area (Å²) >= 11 is 0. The van der Waals surface area contributed by atoms with Gasteiger partial charge >= 0.3 is 0 Å². The summed E-state index contributed by atoms with van der Waals surface area (Å²) in [5.74, 6) is -2.41. The first-order valence-corrected chi connectivity index (χ1v) is 7.26. The number of rotatable bonds is 2. The molecule has 3 rings (SSSR count). The van der Waals surface area contributed by atoms with Crippen molar-refractivity contribution in [1.29, 1.82) is 0 Å². The van der Waals surface area contributed by atoms with E-state index in [0.717, 1.165) is 12.8 Å². The highest BCUT2D eigenvalue weighted by Crippen LogP contribution is 2.66. The van der Waals surface area contributed by atoms with Gasteiger partial charge in [-0.25, -0.2) is 8.78 Å². The van der Waals surface area contributed by atoms with Gasteiger partial charge in [0.1, 0.15) is 0 Å². The van der Waals surface area contributed by atoms with Gasteiger partial charge in [0.2, 0.25) is 0 Å². The normalized spacial score (nSPS) is 33.1. The molecule has 1 N–H and O–H groups in total. The zero-order chi connectivity index (χ0) is 13.5. The quantitative estimate of drug-likeness (QED) is 0.849. The van der Waals surface area contributed by atoms with Crippen LogP contribution in [-0.2, 0) is 6.42 Å². The van der Waals surface area contributed by atoms with Crippen LogP contribution in [0, 0.1) is 5.41 Å². The third-order valence-corrected chi connectivity index (χ3v) is 4.91. The molecule has 0 amide bonds. The predicted octanol–water partition coefficient (Wildman–Crippen LogP) is 4.09. The van der Waals surface area contributed by atoms with E-state index >= 15 is 0 Å². The van der Waals surface area contributed by atoms with Gasteiger partial charge in [-0.3, -0.25) is 0 Å². The van der Waals surface area contributed by atoms with Crippen molar-refractivity contribution >= 4 is 0 Å². The van der Waals surface area contributed by atoms with E-state index in [9.17, 15) is 8.78 Å². The fourth-order valence-electron chi connectivity index (χ4n) is 3.33. The SMILES string of the molecule is CCc1ccc(C2CCC3(CCN2)CC3(F)F)cc1. The van der Waals surface area contributed by atoms with E-state index in [1.807, 2.05) is 0 Å². The topological polar surface area (TPSA) is 12.0 Å². The Morgan fingerprint density at radius 1 is 1.21 bits per heavy atom. The van der Waals surface area contributed by atoms with E-state index in [2.05, 4.69) is 36.5 Å². The van der Waals surface area contributed by atoms with Gasteiger partial charge in [0.15, 0.2) is 0 Å². The molecule has 1 aromatic rings. The van der Waals surface area contributed by atoms with Crippen LogP contribution in [0.25, 0.3) is 0 Å². The first-order chi connectivity index (χ1) is 9.06. The summed E-state index contributed by atoms with van der Waals surface area (Å²) in [5.41, 5.74) is 1.87. The van der Waals surface area contributed by atoms with E-state index in [4.69, 9.17) is 0 Å². The number of hydrogen-bond acceptors (Lipinski definition) is 1. The van der Waals surface area contributed by atoms with Gasteiger partial charge < -0.3 is 5.32 Å². The van der Waals surface area contributed by atoms with E-state index in [-0.39, 0.29) is 12.5 Å². The lowest BCUT2D eigenvalue weighted by atomic mass is 9.93. The first-order valence-electron chi connectivity index (χ1n) is 7.26. The zero-order valence-corrected chi connectivity index (χ0v) is 11.4. The van der Waals surface area contributed by atoms with Crippen LogP contribution in [0.4, 0.5) is 8.78 Å². The molecule has 1 nitrogen and oxygen atoms in total. The summed E-state index contributed by atoms with van der Waals surface area (Å²) in [7, 11) is 0. The maximum Gasteiger partial charge on any atom is 0.254 e. The fourth-order valence-corrected chi connectivity index (χ4v) is 3.33. The molecule has 2 fully saturated rings. The molecule has 2 atom stereocenters. The molecule has 1 saturated carbocycles.